The largest absolute Gasteiger partial charge is 0.480 e. The molecule has 0 aliphatic carbocycles. The standard InChI is InChI=1S/C23H28ClN7O2/c1-13-8-14(2)31(4)22(32)16(13)10-25-20-17(24)11-26-23(29-20)28-19-9-15-12-30(3)7-6-18(15)27-21(19)33-5/h8-9,11H,6-7,10,12H2,1-5H3,(H2,25,26,28,29). The minimum absolute atomic E-state index is 0.0432. The van der Waals surface area contributed by atoms with Gasteiger partial charge in [-0.25, -0.2) is 9.97 Å². The molecule has 0 bridgehead atoms. The van der Waals surface area contributed by atoms with Crippen molar-refractivity contribution in [1.29, 1.82) is 0 Å². The van der Waals surface area contributed by atoms with Gasteiger partial charge in [-0.2, -0.15) is 4.98 Å². The fourth-order valence-corrected chi connectivity index (χ4v) is 4.08. The molecule has 1 aliphatic rings. The van der Waals surface area contributed by atoms with E-state index < -0.39 is 0 Å². The number of halogens is 1. The van der Waals surface area contributed by atoms with Crippen molar-refractivity contribution in [3.8, 4) is 5.88 Å². The molecule has 0 atom stereocenters. The maximum Gasteiger partial charge on any atom is 0.255 e. The summed E-state index contributed by atoms with van der Waals surface area (Å²) < 4.78 is 7.13. The van der Waals surface area contributed by atoms with Gasteiger partial charge in [0.15, 0.2) is 5.82 Å². The highest BCUT2D eigenvalue weighted by atomic mass is 35.5. The van der Waals surface area contributed by atoms with Crippen LogP contribution in [-0.2, 0) is 26.6 Å². The Labute approximate surface area is 197 Å². The smallest absolute Gasteiger partial charge is 0.255 e. The number of ether oxygens (including phenoxy) is 1. The quantitative estimate of drug-likeness (QED) is 0.568. The van der Waals surface area contributed by atoms with E-state index in [0.717, 1.165) is 42.0 Å². The Hall–Kier alpha value is -3.17. The van der Waals surface area contributed by atoms with Crippen molar-refractivity contribution < 1.29 is 4.74 Å². The lowest BCUT2D eigenvalue weighted by Gasteiger charge is -2.25. The predicted molar refractivity (Wildman–Crippen MR) is 130 cm³/mol. The predicted octanol–water partition coefficient (Wildman–Crippen LogP) is 3.19. The number of pyridine rings is 2. The first-order valence-electron chi connectivity index (χ1n) is 10.7. The Kier molecular flexibility index (Phi) is 6.53. The number of hydrogen-bond donors (Lipinski definition) is 2. The minimum Gasteiger partial charge on any atom is -0.480 e. The molecular weight excluding hydrogens is 442 g/mol. The number of anilines is 3. The van der Waals surface area contributed by atoms with Gasteiger partial charge in [0.25, 0.3) is 5.56 Å². The first kappa shape index (κ1) is 23.0. The summed E-state index contributed by atoms with van der Waals surface area (Å²) in [6, 6.07) is 4.01. The highest BCUT2D eigenvalue weighted by Gasteiger charge is 2.19. The van der Waals surface area contributed by atoms with Gasteiger partial charge in [0.1, 0.15) is 10.7 Å². The van der Waals surface area contributed by atoms with Crippen LogP contribution in [0.4, 0.5) is 17.5 Å². The molecule has 0 spiro atoms. The molecule has 3 aromatic heterocycles. The summed E-state index contributed by atoms with van der Waals surface area (Å²) in [5.74, 6) is 1.27. The second kappa shape index (κ2) is 9.36. The third-order valence-electron chi connectivity index (χ3n) is 5.94. The van der Waals surface area contributed by atoms with E-state index in [9.17, 15) is 4.79 Å². The zero-order valence-corrected chi connectivity index (χ0v) is 20.2. The summed E-state index contributed by atoms with van der Waals surface area (Å²) in [5, 5.41) is 6.74. The van der Waals surface area contributed by atoms with Gasteiger partial charge >= 0.3 is 0 Å². The van der Waals surface area contributed by atoms with E-state index in [1.54, 1.807) is 18.7 Å². The summed E-state index contributed by atoms with van der Waals surface area (Å²) in [5.41, 5.74) is 5.32. The number of nitrogens with zero attached hydrogens (tertiary/aromatic N) is 5. The Balaban J connectivity index is 1.58. The fourth-order valence-electron chi connectivity index (χ4n) is 3.93. The molecule has 33 heavy (non-hydrogen) atoms. The zero-order valence-electron chi connectivity index (χ0n) is 19.5. The van der Waals surface area contributed by atoms with Crippen LogP contribution in [0.5, 0.6) is 5.88 Å². The molecule has 0 saturated heterocycles. The Morgan fingerprint density at radius 1 is 1.21 bits per heavy atom. The van der Waals surface area contributed by atoms with Crippen LogP contribution in [0.2, 0.25) is 5.02 Å². The zero-order chi connectivity index (χ0) is 23.7. The van der Waals surface area contributed by atoms with Crippen LogP contribution in [0.3, 0.4) is 0 Å². The van der Waals surface area contributed by atoms with Gasteiger partial charge < -0.3 is 24.8 Å². The molecule has 0 amide bonds. The monoisotopic (exact) mass is 469 g/mol. The highest BCUT2D eigenvalue weighted by Crippen LogP contribution is 2.30. The van der Waals surface area contributed by atoms with Crippen molar-refractivity contribution in [2.45, 2.75) is 33.4 Å². The third kappa shape index (κ3) is 4.79. The van der Waals surface area contributed by atoms with Crippen LogP contribution < -0.4 is 20.9 Å². The van der Waals surface area contributed by atoms with E-state index in [-0.39, 0.29) is 5.56 Å². The molecule has 0 unspecified atom stereocenters. The van der Waals surface area contributed by atoms with Crippen molar-refractivity contribution in [1.82, 2.24) is 24.4 Å². The third-order valence-corrected chi connectivity index (χ3v) is 6.21. The average Bonchev–Trinajstić information content (AvgIpc) is 2.79. The molecule has 4 heterocycles. The fraction of sp³-hybridized carbons (Fsp3) is 0.391. The molecule has 0 fully saturated rings. The molecule has 4 rings (SSSR count). The molecule has 0 aromatic carbocycles. The van der Waals surface area contributed by atoms with Crippen LogP contribution in [0.15, 0.2) is 23.1 Å². The van der Waals surface area contributed by atoms with Crippen LogP contribution in [-0.4, -0.2) is 45.1 Å². The summed E-state index contributed by atoms with van der Waals surface area (Å²) in [6.07, 6.45) is 2.40. The van der Waals surface area contributed by atoms with E-state index in [4.69, 9.17) is 16.3 Å². The molecule has 9 nitrogen and oxygen atoms in total. The first-order valence-corrected chi connectivity index (χ1v) is 11.1. The minimum atomic E-state index is -0.0432. The molecule has 174 valence electrons. The first-order chi connectivity index (χ1) is 15.8. The summed E-state index contributed by atoms with van der Waals surface area (Å²) in [4.78, 5) is 28.4. The van der Waals surface area contributed by atoms with Gasteiger partial charge in [-0.3, -0.25) is 4.79 Å². The van der Waals surface area contributed by atoms with Gasteiger partial charge in [-0.15, -0.1) is 0 Å². The van der Waals surface area contributed by atoms with E-state index in [1.165, 1.54) is 6.20 Å². The van der Waals surface area contributed by atoms with Gasteiger partial charge in [0.05, 0.1) is 19.0 Å². The number of hydrogen-bond acceptors (Lipinski definition) is 8. The molecule has 1 aliphatic heterocycles. The van der Waals surface area contributed by atoms with Gasteiger partial charge in [0.2, 0.25) is 11.8 Å². The molecule has 0 saturated carbocycles. The Morgan fingerprint density at radius 2 is 2.00 bits per heavy atom. The topological polar surface area (TPSA) is 97.2 Å². The van der Waals surface area contributed by atoms with Crippen LogP contribution in [0.25, 0.3) is 0 Å². The van der Waals surface area contributed by atoms with Crippen molar-refractivity contribution >= 4 is 29.1 Å². The average molecular weight is 470 g/mol. The normalized spacial score (nSPS) is 13.5. The molecule has 2 N–H and O–H groups in total. The van der Waals surface area contributed by atoms with E-state index >= 15 is 0 Å². The SMILES string of the molecule is COc1nc2c(cc1Nc1ncc(Cl)c(NCc3c(C)cc(C)n(C)c3=O)n1)CN(C)CC2. The number of methoxy groups -OCH3 is 1. The highest BCUT2D eigenvalue weighted by molar-refractivity contribution is 6.32. The lowest BCUT2D eigenvalue weighted by Crippen LogP contribution is -2.27. The lowest BCUT2D eigenvalue weighted by atomic mass is 10.1. The van der Waals surface area contributed by atoms with E-state index in [2.05, 4.69) is 37.5 Å². The molecule has 10 heteroatoms. The Bertz CT molecular complexity index is 1260. The number of aryl methyl sites for hydroxylation is 2. The Morgan fingerprint density at radius 3 is 2.76 bits per heavy atom. The van der Waals surface area contributed by atoms with Crippen molar-refractivity contribution in [2.24, 2.45) is 7.05 Å². The lowest BCUT2D eigenvalue weighted by molar-refractivity contribution is 0.307. The summed E-state index contributed by atoms with van der Waals surface area (Å²) in [7, 11) is 5.44. The van der Waals surface area contributed by atoms with Gasteiger partial charge in [-0.1, -0.05) is 11.6 Å². The van der Waals surface area contributed by atoms with Gasteiger partial charge in [-0.05, 0) is 44.2 Å². The van der Waals surface area contributed by atoms with Gasteiger partial charge in [0, 0.05) is 44.4 Å². The van der Waals surface area contributed by atoms with Crippen LogP contribution in [0, 0.1) is 13.8 Å². The summed E-state index contributed by atoms with van der Waals surface area (Å²) >= 11 is 6.33. The molecule has 0 radical (unpaired) electrons. The van der Waals surface area contributed by atoms with Crippen LogP contribution in [0.1, 0.15) is 28.1 Å². The van der Waals surface area contributed by atoms with Crippen molar-refractivity contribution in [3.63, 3.8) is 0 Å². The summed E-state index contributed by atoms with van der Waals surface area (Å²) in [6.45, 7) is 5.92. The van der Waals surface area contributed by atoms with E-state index in [1.807, 2.05) is 26.0 Å². The number of rotatable bonds is 6. The van der Waals surface area contributed by atoms with Crippen molar-refractivity contribution in [2.75, 3.05) is 31.3 Å². The van der Waals surface area contributed by atoms with E-state index in [0.29, 0.717) is 40.5 Å². The maximum atomic E-state index is 12.7. The maximum absolute atomic E-state index is 12.7. The number of fused-ring (bicyclic) bond motifs is 1. The van der Waals surface area contributed by atoms with Crippen LogP contribution >= 0.6 is 11.6 Å². The second-order valence-corrected chi connectivity index (χ2v) is 8.73. The number of aromatic nitrogens is 4. The number of nitrogens with one attached hydrogen (secondary N) is 2. The molecular formula is C23H28ClN7O2. The number of likely N-dealkylation sites (N-methyl/N-ethyl adjacent to an activating group) is 1. The van der Waals surface area contributed by atoms with Crippen molar-refractivity contribution in [3.05, 3.63) is 61.8 Å². The second-order valence-electron chi connectivity index (χ2n) is 8.32. The molecule has 3 aromatic rings.